The molecule has 88 valence electrons. The van der Waals surface area contributed by atoms with Crippen LogP contribution in [0.3, 0.4) is 0 Å². The minimum atomic E-state index is -0.160. The Balaban J connectivity index is 2.18. The molecule has 2 aliphatic rings. The summed E-state index contributed by atoms with van der Waals surface area (Å²) in [6.07, 6.45) is 13.9. The van der Waals surface area contributed by atoms with E-state index in [0.717, 1.165) is 19.3 Å². The summed E-state index contributed by atoms with van der Waals surface area (Å²) in [7, 11) is 0. The van der Waals surface area contributed by atoms with Crippen molar-refractivity contribution in [3.8, 4) is 0 Å². The van der Waals surface area contributed by atoms with Crippen molar-refractivity contribution in [1.29, 1.82) is 0 Å². The molecule has 0 radical (unpaired) electrons. The van der Waals surface area contributed by atoms with Crippen LogP contribution in [0.15, 0.2) is 23.8 Å². The number of esters is 1. The highest BCUT2D eigenvalue weighted by Gasteiger charge is 2.36. The molecule has 0 saturated carbocycles. The maximum absolute atomic E-state index is 11.0. The lowest BCUT2D eigenvalue weighted by Gasteiger charge is -2.36. The van der Waals surface area contributed by atoms with E-state index in [1.807, 2.05) is 0 Å². The number of ether oxygens (including phenoxy) is 1. The molecule has 0 spiro atoms. The largest absolute Gasteiger partial charge is 0.465 e. The molecule has 0 aromatic carbocycles. The van der Waals surface area contributed by atoms with Gasteiger partial charge in [0.1, 0.15) is 6.61 Å². The Morgan fingerprint density at radius 1 is 1.38 bits per heavy atom. The minimum Gasteiger partial charge on any atom is -0.465 e. The first kappa shape index (κ1) is 11.4. The Morgan fingerprint density at radius 3 is 2.88 bits per heavy atom. The van der Waals surface area contributed by atoms with E-state index in [-0.39, 0.29) is 11.4 Å². The van der Waals surface area contributed by atoms with Crippen LogP contribution >= 0.6 is 0 Å². The molecule has 0 fully saturated rings. The number of hydrogen-bond donors (Lipinski definition) is 0. The lowest BCUT2D eigenvalue weighted by Crippen LogP contribution is -2.31. The van der Waals surface area contributed by atoms with Crippen molar-refractivity contribution in [2.75, 3.05) is 6.61 Å². The van der Waals surface area contributed by atoms with E-state index in [0.29, 0.717) is 6.61 Å². The van der Waals surface area contributed by atoms with Crippen molar-refractivity contribution in [3.05, 3.63) is 23.8 Å². The maximum Gasteiger partial charge on any atom is 0.302 e. The van der Waals surface area contributed by atoms with Crippen molar-refractivity contribution in [2.45, 2.75) is 45.4 Å². The van der Waals surface area contributed by atoms with E-state index in [1.54, 1.807) is 0 Å². The molecule has 0 N–H and O–H groups in total. The second-order valence-corrected chi connectivity index (χ2v) is 4.91. The second kappa shape index (κ2) is 4.86. The number of rotatable bonds is 2. The van der Waals surface area contributed by atoms with E-state index < -0.39 is 0 Å². The van der Waals surface area contributed by atoms with Gasteiger partial charge in [-0.3, -0.25) is 4.79 Å². The van der Waals surface area contributed by atoms with Gasteiger partial charge in [0, 0.05) is 12.3 Å². The molecule has 0 bridgehead atoms. The summed E-state index contributed by atoms with van der Waals surface area (Å²) in [5.41, 5.74) is 1.52. The molecule has 0 aromatic rings. The van der Waals surface area contributed by atoms with E-state index in [9.17, 15) is 4.79 Å². The first-order chi connectivity index (χ1) is 7.73. The Kier molecular flexibility index (Phi) is 3.47. The zero-order valence-corrected chi connectivity index (χ0v) is 10.00. The molecule has 2 heteroatoms. The van der Waals surface area contributed by atoms with Crippen molar-refractivity contribution in [1.82, 2.24) is 0 Å². The topological polar surface area (TPSA) is 26.3 Å². The third-order valence-corrected chi connectivity index (χ3v) is 3.71. The van der Waals surface area contributed by atoms with E-state index in [4.69, 9.17) is 4.74 Å². The zero-order chi connectivity index (χ0) is 11.4. The summed E-state index contributed by atoms with van der Waals surface area (Å²) in [6.45, 7) is 2.06. The smallest absolute Gasteiger partial charge is 0.302 e. The highest BCUT2D eigenvalue weighted by Crippen LogP contribution is 2.44. The molecule has 0 amide bonds. The third kappa shape index (κ3) is 2.37. The number of carbonyl (C=O) groups is 1. The lowest BCUT2D eigenvalue weighted by molar-refractivity contribution is -0.144. The van der Waals surface area contributed by atoms with Gasteiger partial charge in [0.05, 0.1) is 0 Å². The fraction of sp³-hybridized carbons (Fsp3) is 0.643. The summed E-state index contributed by atoms with van der Waals surface area (Å²) in [5, 5.41) is 0. The third-order valence-electron chi connectivity index (χ3n) is 3.71. The van der Waals surface area contributed by atoms with Gasteiger partial charge in [-0.2, -0.15) is 0 Å². The van der Waals surface area contributed by atoms with Crippen LogP contribution in [-0.4, -0.2) is 12.6 Å². The van der Waals surface area contributed by atoms with Crippen LogP contribution in [0, 0.1) is 5.41 Å². The van der Waals surface area contributed by atoms with Gasteiger partial charge in [-0.1, -0.05) is 18.2 Å². The van der Waals surface area contributed by atoms with Gasteiger partial charge in [-0.25, -0.2) is 0 Å². The quantitative estimate of drug-likeness (QED) is 0.667. The predicted octanol–water partition coefficient (Wildman–Crippen LogP) is 3.39. The average molecular weight is 220 g/mol. The summed E-state index contributed by atoms with van der Waals surface area (Å²) < 4.78 is 5.28. The SMILES string of the molecule is CC(=O)OC[C@@]12CCCC=CC1=CCCC2. The van der Waals surface area contributed by atoms with Crippen molar-refractivity contribution < 1.29 is 9.53 Å². The molecule has 1 atom stereocenters. The number of fused-ring (bicyclic) bond motifs is 1. The molecular formula is C14H20O2. The summed E-state index contributed by atoms with van der Waals surface area (Å²) in [5.74, 6) is -0.160. The zero-order valence-electron chi connectivity index (χ0n) is 10.00. The Labute approximate surface area is 97.4 Å². The normalized spacial score (nSPS) is 28.9. The fourth-order valence-electron chi connectivity index (χ4n) is 2.81. The molecule has 2 aliphatic carbocycles. The molecular weight excluding hydrogens is 200 g/mol. The Hall–Kier alpha value is -1.05. The first-order valence-electron chi connectivity index (χ1n) is 6.23. The van der Waals surface area contributed by atoms with Gasteiger partial charge in [-0.05, 0) is 44.1 Å². The van der Waals surface area contributed by atoms with Gasteiger partial charge in [-0.15, -0.1) is 0 Å². The minimum absolute atomic E-state index is 0.122. The monoisotopic (exact) mass is 220 g/mol. The average Bonchev–Trinajstić information content (AvgIpc) is 2.49. The molecule has 0 aliphatic heterocycles. The first-order valence-corrected chi connectivity index (χ1v) is 6.23. The Bertz CT molecular complexity index is 328. The summed E-state index contributed by atoms with van der Waals surface area (Å²) >= 11 is 0. The van der Waals surface area contributed by atoms with Crippen LogP contribution in [0.25, 0.3) is 0 Å². The van der Waals surface area contributed by atoms with Crippen LogP contribution in [-0.2, 0) is 9.53 Å². The van der Waals surface area contributed by atoms with Crippen LogP contribution < -0.4 is 0 Å². The maximum atomic E-state index is 11.0. The summed E-state index contributed by atoms with van der Waals surface area (Å²) in [4.78, 5) is 11.0. The standard InChI is InChI=1S/C14H20O2/c1-12(15)16-11-14-9-5-2-3-7-13(14)8-4-6-10-14/h3,7-8H,2,4-6,9-11H2,1H3/t14-/m0/s1. The van der Waals surface area contributed by atoms with Crippen LogP contribution in [0.4, 0.5) is 0 Å². The highest BCUT2D eigenvalue weighted by molar-refractivity contribution is 5.66. The number of allylic oxidation sites excluding steroid dienone is 3. The van der Waals surface area contributed by atoms with Gasteiger partial charge in [0.2, 0.25) is 0 Å². The van der Waals surface area contributed by atoms with E-state index in [2.05, 4.69) is 18.2 Å². The molecule has 0 heterocycles. The van der Waals surface area contributed by atoms with Crippen molar-refractivity contribution >= 4 is 5.97 Å². The van der Waals surface area contributed by atoms with Crippen LogP contribution in [0.5, 0.6) is 0 Å². The fourth-order valence-corrected chi connectivity index (χ4v) is 2.81. The van der Waals surface area contributed by atoms with Crippen LogP contribution in [0.2, 0.25) is 0 Å². The van der Waals surface area contributed by atoms with Crippen molar-refractivity contribution in [2.24, 2.45) is 5.41 Å². The Morgan fingerprint density at radius 2 is 2.12 bits per heavy atom. The predicted molar refractivity (Wildman–Crippen MR) is 64.0 cm³/mol. The second-order valence-electron chi connectivity index (χ2n) is 4.91. The van der Waals surface area contributed by atoms with Gasteiger partial charge in [0.25, 0.3) is 0 Å². The molecule has 0 aromatic heterocycles. The van der Waals surface area contributed by atoms with E-state index in [1.165, 1.54) is 31.8 Å². The molecule has 2 nitrogen and oxygen atoms in total. The highest BCUT2D eigenvalue weighted by atomic mass is 16.5. The summed E-state index contributed by atoms with van der Waals surface area (Å²) in [6, 6.07) is 0. The van der Waals surface area contributed by atoms with Crippen molar-refractivity contribution in [3.63, 3.8) is 0 Å². The molecule has 2 rings (SSSR count). The number of hydrogen-bond acceptors (Lipinski definition) is 2. The number of carbonyl (C=O) groups excluding carboxylic acids is 1. The van der Waals surface area contributed by atoms with Crippen LogP contribution in [0.1, 0.15) is 45.4 Å². The van der Waals surface area contributed by atoms with E-state index >= 15 is 0 Å². The molecule has 0 saturated heterocycles. The van der Waals surface area contributed by atoms with Gasteiger partial charge < -0.3 is 4.74 Å². The molecule has 0 unspecified atom stereocenters. The van der Waals surface area contributed by atoms with Gasteiger partial charge in [0.15, 0.2) is 0 Å². The lowest BCUT2D eigenvalue weighted by atomic mass is 9.70. The molecule has 16 heavy (non-hydrogen) atoms. The van der Waals surface area contributed by atoms with Gasteiger partial charge >= 0.3 is 5.97 Å².